The molecular formula is C7H13N3O6. The largest absolute Gasteiger partial charge is 0.480 e. The Bertz CT molecular complexity index is 302. The number of amides is 2. The van der Waals surface area contributed by atoms with Gasteiger partial charge in [-0.2, -0.15) is 0 Å². The molecule has 9 heteroatoms. The zero-order chi connectivity index (χ0) is 12.9. The summed E-state index contributed by atoms with van der Waals surface area (Å²) in [5, 5.41) is 17.7. The topological polar surface area (TPSA) is 136 Å². The number of primary amides is 1. The Morgan fingerprint density at radius 3 is 2.38 bits per heavy atom. The molecule has 0 atom stereocenters. The molecule has 0 aromatic heterocycles. The summed E-state index contributed by atoms with van der Waals surface area (Å²) >= 11 is 0. The maximum atomic E-state index is 11.0. The van der Waals surface area contributed by atoms with E-state index in [4.69, 9.17) is 10.8 Å². The molecule has 92 valence electrons. The second-order valence-electron chi connectivity index (χ2n) is 3.41. The van der Waals surface area contributed by atoms with Crippen molar-refractivity contribution in [3.05, 3.63) is 10.1 Å². The molecule has 9 nitrogen and oxygen atoms in total. The first-order valence-corrected chi connectivity index (χ1v) is 4.27. The first-order chi connectivity index (χ1) is 7.19. The summed E-state index contributed by atoms with van der Waals surface area (Å²) in [4.78, 5) is 36.4. The third kappa shape index (κ3) is 3.59. The Hall–Kier alpha value is -2.06. The van der Waals surface area contributed by atoms with Crippen LogP contribution in [-0.2, 0) is 9.63 Å². The minimum absolute atomic E-state index is 0.282. The van der Waals surface area contributed by atoms with Crippen molar-refractivity contribution < 1.29 is 24.6 Å². The molecule has 0 saturated heterocycles. The van der Waals surface area contributed by atoms with Gasteiger partial charge in [-0.05, 0) is 13.8 Å². The maximum absolute atomic E-state index is 11.0. The van der Waals surface area contributed by atoms with E-state index in [1.165, 1.54) is 13.8 Å². The number of carboxylic acids is 1. The monoisotopic (exact) mass is 235 g/mol. The Labute approximate surface area is 90.9 Å². The highest BCUT2D eigenvalue weighted by Gasteiger charge is 2.36. The zero-order valence-electron chi connectivity index (χ0n) is 8.87. The SMILES string of the molecule is CC(C)(C(=O)O)N(CCO[N+](=O)[O-])C(N)=O. The lowest BCUT2D eigenvalue weighted by Gasteiger charge is -2.33. The van der Waals surface area contributed by atoms with E-state index < -0.39 is 29.2 Å². The highest BCUT2D eigenvalue weighted by atomic mass is 16.9. The standard InChI is InChI=1S/C7H13N3O6/c1-7(2,5(11)12)9(6(8)13)3-4-16-10(14)15/h3-4H2,1-2H3,(H2,8,13)(H,11,12). The van der Waals surface area contributed by atoms with E-state index in [-0.39, 0.29) is 6.54 Å². The van der Waals surface area contributed by atoms with Gasteiger partial charge in [0.1, 0.15) is 12.1 Å². The van der Waals surface area contributed by atoms with Crippen LogP contribution >= 0.6 is 0 Å². The van der Waals surface area contributed by atoms with E-state index in [1.54, 1.807) is 0 Å². The van der Waals surface area contributed by atoms with E-state index in [2.05, 4.69) is 4.84 Å². The summed E-state index contributed by atoms with van der Waals surface area (Å²) in [6.07, 6.45) is 0. The van der Waals surface area contributed by atoms with E-state index in [9.17, 15) is 19.7 Å². The lowest BCUT2D eigenvalue weighted by molar-refractivity contribution is -0.757. The number of carboxylic acid groups (broad SMARTS) is 1. The van der Waals surface area contributed by atoms with Crippen LogP contribution in [0.4, 0.5) is 4.79 Å². The second-order valence-corrected chi connectivity index (χ2v) is 3.41. The Morgan fingerprint density at radius 2 is 2.06 bits per heavy atom. The normalized spacial score (nSPS) is 10.6. The summed E-state index contributed by atoms with van der Waals surface area (Å²) in [5.74, 6) is -1.27. The van der Waals surface area contributed by atoms with Crippen LogP contribution in [0.25, 0.3) is 0 Å². The third-order valence-electron chi connectivity index (χ3n) is 1.98. The van der Waals surface area contributed by atoms with Gasteiger partial charge in [0.15, 0.2) is 0 Å². The first-order valence-electron chi connectivity index (χ1n) is 4.27. The van der Waals surface area contributed by atoms with Crippen LogP contribution in [0.2, 0.25) is 0 Å². The number of urea groups is 1. The minimum Gasteiger partial charge on any atom is -0.480 e. The van der Waals surface area contributed by atoms with Crippen molar-refractivity contribution in [2.24, 2.45) is 5.73 Å². The average molecular weight is 235 g/mol. The summed E-state index contributed by atoms with van der Waals surface area (Å²) in [6.45, 7) is 1.79. The predicted octanol–water partition coefficient (Wildman–Crippen LogP) is -0.561. The lowest BCUT2D eigenvalue weighted by Crippen LogP contribution is -2.56. The van der Waals surface area contributed by atoms with Gasteiger partial charge < -0.3 is 20.6 Å². The maximum Gasteiger partial charge on any atom is 0.329 e. The molecule has 0 rings (SSSR count). The van der Waals surface area contributed by atoms with Crippen LogP contribution in [0.5, 0.6) is 0 Å². The highest BCUT2D eigenvalue weighted by Crippen LogP contribution is 2.13. The molecule has 16 heavy (non-hydrogen) atoms. The van der Waals surface area contributed by atoms with Crippen molar-refractivity contribution in [1.29, 1.82) is 0 Å². The van der Waals surface area contributed by atoms with Crippen LogP contribution < -0.4 is 5.73 Å². The van der Waals surface area contributed by atoms with Gasteiger partial charge in [0.25, 0.3) is 5.09 Å². The molecule has 0 unspecified atom stereocenters. The fourth-order valence-corrected chi connectivity index (χ4v) is 0.987. The van der Waals surface area contributed by atoms with Crippen molar-refractivity contribution >= 4 is 12.0 Å². The molecule has 0 aliphatic heterocycles. The van der Waals surface area contributed by atoms with E-state index in [0.29, 0.717) is 0 Å². The Kier molecular flexibility index (Phi) is 4.48. The van der Waals surface area contributed by atoms with Gasteiger partial charge in [-0.1, -0.05) is 0 Å². The van der Waals surface area contributed by atoms with E-state index in [1.807, 2.05) is 0 Å². The molecule has 0 aliphatic rings. The van der Waals surface area contributed by atoms with Crippen LogP contribution in [-0.4, -0.2) is 45.8 Å². The Balaban J connectivity index is 4.57. The molecule has 3 N–H and O–H groups in total. The summed E-state index contributed by atoms with van der Waals surface area (Å²) in [6, 6.07) is -0.987. The first kappa shape index (κ1) is 13.9. The average Bonchev–Trinajstić information content (AvgIpc) is 2.10. The fraction of sp³-hybridized carbons (Fsp3) is 0.714. The number of carbonyl (C=O) groups is 2. The van der Waals surface area contributed by atoms with Crippen LogP contribution in [0.15, 0.2) is 0 Å². The number of hydrogen-bond acceptors (Lipinski definition) is 5. The predicted molar refractivity (Wildman–Crippen MR) is 51.0 cm³/mol. The third-order valence-corrected chi connectivity index (χ3v) is 1.98. The second kappa shape index (κ2) is 5.14. The fourth-order valence-electron chi connectivity index (χ4n) is 0.987. The molecule has 0 aromatic carbocycles. The van der Waals surface area contributed by atoms with E-state index in [0.717, 1.165) is 4.90 Å². The summed E-state index contributed by atoms with van der Waals surface area (Å²) in [5.41, 5.74) is 3.43. The van der Waals surface area contributed by atoms with Gasteiger partial charge in [0.05, 0.1) is 0 Å². The van der Waals surface area contributed by atoms with Crippen molar-refractivity contribution in [1.82, 2.24) is 4.90 Å². The van der Waals surface area contributed by atoms with E-state index >= 15 is 0 Å². The van der Waals surface area contributed by atoms with Gasteiger partial charge in [-0.15, -0.1) is 10.1 Å². The van der Waals surface area contributed by atoms with Crippen LogP contribution in [0.3, 0.4) is 0 Å². The molecular weight excluding hydrogens is 222 g/mol. The van der Waals surface area contributed by atoms with Crippen LogP contribution in [0.1, 0.15) is 13.8 Å². The number of hydrogen-bond donors (Lipinski definition) is 2. The number of aliphatic carboxylic acids is 1. The quantitative estimate of drug-likeness (QED) is 0.467. The zero-order valence-corrected chi connectivity index (χ0v) is 8.87. The van der Waals surface area contributed by atoms with Gasteiger partial charge in [-0.25, -0.2) is 9.59 Å². The molecule has 0 spiro atoms. The smallest absolute Gasteiger partial charge is 0.329 e. The highest BCUT2D eigenvalue weighted by molar-refractivity contribution is 5.84. The van der Waals surface area contributed by atoms with Crippen molar-refractivity contribution in [3.63, 3.8) is 0 Å². The minimum atomic E-state index is -1.55. The molecule has 0 bridgehead atoms. The van der Waals surface area contributed by atoms with Gasteiger partial charge >= 0.3 is 12.0 Å². The van der Waals surface area contributed by atoms with Gasteiger partial charge in [0.2, 0.25) is 0 Å². The molecule has 0 fully saturated rings. The molecule has 0 heterocycles. The number of nitrogens with zero attached hydrogens (tertiary/aromatic N) is 2. The number of nitrogens with two attached hydrogens (primary N) is 1. The molecule has 0 saturated carbocycles. The van der Waals surface area contributed by atoms with Gasteiger partial charge in [0, 0.05) is 6.54 Å². The van der Waals surface area contributed by atoms with Crippen molar-refractivity contribution in [2.45, 2.75) is 19.4 Å². The van der Waals surface area contributed by atoms with Crippen molar-refractivity contribution in [3.8, 4) is 0 Å². The lowest BCUT2D eigenvalue weighted by atomic mass is 10.0. The molecule has 0 aromatic rings. The molecule has 2 amide bonds. The summed E-state index contributed by atoms with van der Waals surface area (Å²) < 4.78 is 0. The molecule has 0 aliphatic carbocycles. The molecule has 0 radical (unpaired) electrons. The van der Waals surface area contributed by atoms with Crippen molar-refractivity contribution in [2.75, 3.05) is 13.2 Å². The van der Waals surface area contributed by atoms with Gasteiger partial charge in [-0.3, -0.25) is 0 Å². The van der Waals surface area contributed by atoms with Crippen LogP contribution in [0, 0.1) is 10.1 Å². The summed E-state index contributed by atoms with van der Waals surface area (Å²) in [7, 11) is 0. The number of carbonyl (C=O) groups excluding carboxylic acids is 1. The number of rotatable bonds is 6. The Morgan fingerprint density at radius 1 is 1.56 bits per heavy atom.